The van der Waals surface area contributed by atoms with Crippen LogP contribution >= 0.6 is 11.5 Å². The highest BCUT2D eigenvalue weighted by molar-refractivity contribution is 7.81. The molecule has 1 aromatic heterocycles. The predicted octanol–water partition coefficient (Wildman–Crippen LogP) is 2.51. The van der Waals surface area contributed by atoms with Gasteiger partial charge < -0.3 is 9.50 Å². The number of carbonyl (C=O) groups excluding carboxylic acids is 1. The van der Waals surface area contributed by atoms with E-state index in [0.717, 1.165) is 11.5 Å². The summed E-state index contributed by atoms with van der Waals surface area (Å²) in [6, 6.07) is 5.23. The Morgan fingerprint density at radius 1 is 1.32 bits per heavy atom. The summed E-state index contributed by atoms with van der Waals surface area (Å²) in [5.74, 6) is -0.502. The topological polar surface area (TPSA) is 98.2 Å². The van der Waals surface area contributed by atoms with Gasteiger partial charge in [0, 0.05) is 5.69 Å². The molecule has 0 aliphatic rings. The van der Waals surface area contributed by atoms with Crippen molar-refractivity contribution in [1.29, 1.82) is 0 Å². The summed E-state index contributed by atoms with van der Waals surface area (Å²) in [4.78, 5) is 12.6. The quantitative estimate of drug-likeness (QED) is 0.836. The minimum Gasteiger partial charge on any atom is -0.358 e. The van der Waals surface area contributed by atoms with Crippen LogP contribution < -0.4 is 9.50 Å². The van der Waals surface area contributed by atoms with Crippen molar-refractivity contribution in [3.63, 3.8) is 0 Å². The molecule has 0 unspecified atom stereocenters. The predicted molar refractivity (Wildman–Crippen MR) is 79.0 cm³/mol. The summed E-state index contributed by atoms with van der Waals surface area (Å²) in [6.45, 7) is 3.80. The van der Waals surface area contributed by atoms with Gasteiger partial charge >= 0.3 is 10.5 Å². The number of nitrogens with one attached hydrogen (secondary N) is 1. The molecule has 2 rings (SSSR count). The fraction of sp³-hybridized carbons (Fsp3) is 0.250. The molecule has 0 radical (unpaired) electrons. The van der Waals surface area contributed by atoms with E-state index in [9.17, 15) is 17.1 Å². The Morgan fingerprint density at radius 2 is 1.95 bits per heavy atom. The molecule has 0 fully saturated rings. The van der Waals surface area contributed by atoms with Crippen LogP contribution in [0.1, 0.15) is 35.1 Å². The minimum atomic E-state index is -5.07. The van der Waals surface area contributed by atoms with E-state index >= 15 is 0 Å². The van der Waals surface area contributed by atoms with E-state index in [4.69, 9.17) is 0 Å². The average molecular weight is 345 g/mol. The fourth-order valence-electron chi connectivity index (χ4n) is 1.63. The molecule has 0 aliphatic carbocycles. The molecular weight excluding hydrogens is 333 g/mol. The number of anilines is 1. The second kappa shape index (κ2) is 6.36. The van der Waals surface area contributed by atoms with Gasteiger partial charge in [0.15, 0.2) is 0 Å². The van der Waals surface area contributed by atoms with Crippen molar-refractivity contribution in [2.45, 2.75) is 19.8 Å². The largest absolute Gasteiger partial charge is 0.488 e. The zero-order chi connectivity index (χ0) is 16.3. The molecule has 1 amide bonds. The first-order valence-corrected chi connectivity index (χ1v) is 8.22. The Morgan fingerprint density at radius 3 is 2.50 bits per heavy atom. The Balaban J connectivity index is 2.10. The average Bonchev–Trinajstić information content (AvgIpc) is 2.89. The van der Waals surface area contributed by atoms with Crippen LogP contribution in [0.3, 0.4) is 0 Å². The van der Waals surface area contributed by atoms with Crippen molar-refractivity contribution >= 4 is 33.6 Å². The molecule has 0 bridgehead atoms. The van der Waals surface area contributed by atoms with Crippen LogP contribution in [-0.2, 0) is 10.5 Å². The molecule has 10 heteroatoms. The van der Waals surface area contributed by atoms with Crippen LogP contribution in [0.4, 0.5) is 9.57 Å². The summed E-state index contributed by atoms with van der Waals surface area (Å²) in [5, 5.41) is 6.53. The Bertz CT molecular complexity index is 772. The highest BCUT2D eigenvalue weighted by atomic mass is 32.3. The molecule has 0 saturated heterocycles. The fourth-order valence-corrected chi connectivity index (χ4v) is 2.68. The maximum absolute atomic E-state index is 12.4. The summed E-state index contributed by atoms with van der Waals surface area (Å²) in [7, 11) is -5.07. The number of hydrogen-bond donors (Lipinski definition) is 1. The van der Waals surface area contributed by atoms with Crippen LogP contribution in [0, 0.1) is 0 Å². The number of halogens is 1. The van der Waals surface area contributed by atoms with Gasteiger partial charge in [-0.1, -0.05) is 22.2 Å². The van der Waals surface area contributed by atoms with Crippen LogP contribution in [0.5, 0.6) is 5.75 Å². The van der Waals surface area contributed by atoms with Crippen LogP contribution in [-0.4, -0.2) is 23.9 Å². The summed E-state index contributed by atoms with van der Waals surface area (Å²) in [5.41, 5.74) is 1.00. The highest BCUT2D eigenvalue weighted by Crippen LogP contribution is 2.22. The Hall–Kier alpha value is -2.07. The number of nitrogens with zero attached hydrogens (tertiary/aromatic N) is 2. The van der Waals surface area contributed by atoms with Crippen molar-refractivity contribution in [1.82, 2.24) is 9.59 Å². The lowest BCUT2D eigenvalue weighted by Crippen LogP contribution is -2.13. The molecule has 0 aliphatic heterocycles. The number of aromatic nitrogens is 2. The minimum absolute atomic E-state index is 0.0602. The van der Waals surface area contributed by atoms with Crippen LogP contribution in [0.15, 0.2) is 24.3 Å². The van der Waals surface area contributed by atoms with Crippen molar-refractivity contribution in [3.8, 4) is 5.75 Å². The third-order valence-electron chi connectivity index (χ3n) is 2.57. The van der Waals surface area contributed by atoms with Crippen molar-refractivity contribution < 1.29 is 21.3 Å². The second-order valence-electron chi connectivity index (χ2n) is 4.60. The Labute approximate surface area is 130 Å². The number of benzene rings is 1. The molecule has 22 heavy (non-hydrogen) atoms. The van der Waals surface area contributed by atoms with Crippen molar-refractivity contribution in [2.75, 3.05) is 5.32 Å². The molecule has 7 nitrogen and oxygen atoms in total. The van der Waals surface area contributed by atoms with Gasteiger partial charge in [-0.3, -0.25) is 4.79 Å². The van der Waals surface area contributed by atoms with E-state index in [2.05, 4.69) is 19.1 Å². The monoisotopic (exact) mass is 345 g/mol. The smallest absolute Gasteiger partial charge is 0.358 e. The third kappa shape index (κ3) is 4.21. The van der Waals surface area contributed by atoms with Crippen LogP contribution in [0.2, 0.25) is 0 Å². The zero-order valence-corrected chi connectivity index (χ0v) is 13.2. The molecule has 1 aromatic carbocycles. The molecule has 0 atom stereocenters. The first kappa shape index (κ1) is 16.3. The standard InChI is InChI=1S/C12H12FN3O4S2/c1-7(2)10-11(21-16-15-10)12(17)14-8-3-5-9(6-4-8)20-22(13,18)19/h3-7H,1-2H3,(H,14,17). The highest BCUT2D eigenvalue weighted by Gasteiger charge is 2.18. The Kier molecular flexibility index (Phi) is 4.71. The van der Waals surface area contributed by atoms with Gasteiger partial charge in [0.05, 0.1) is 5.69 Å². The number of carbonyl (C=O) groups is 1. The number of rotatable bonds is 5. The molecule has 1 N–H and O–H groups in total. The van der Waals surface area contributed by atoms with Crippen molar-refractivity contribution in [3.05, 3.63) is 34.8 Å². The maximum Gasteiger partial charge on any atom is 0.488 e. The second-order valence-corrected chi connectivity index (χ2v) is 6.30. The summed E-state index contributed by atoms with van der Waals surface area (Å²) in [6.07, 6.45) is 0. The van der Waals surface area contributed by atoms with E-state index in [0.29, 0.717) is 16.3 Å². The lowest BCUT2D eigenvalue weighted by molar-refractivity contribution is 0.102. The molecule has 1 heterocycles. The van der Waals surface area contributed by atoms with Gasteiger partial charge in [0.25, 0.3) is 5.91 Å². The molecule has 0 spiro atoms. The van der Waals surface area contributed by atoms with E-state index in [1.807, 2.05) is 13.8 Å². The first-order valence-electron chi connectivity index (χ1n) is 6.14. The van der Waals surface area contributed by atoms with Crippen LogP contribution in [0.25, 0.3) is 0 Å². The van der Waals surface area contributed by atoms with Gasteiger partial charge in [0.1, 0.15) is 10.6 Å². The number of hydrogen-bond acceptors (Lipinski definition) is 7. The lowest BCUT2D eigenvalue weighted by Gasteiger charge is -2.07. The van der Waals surface area contributed by atoms with E-state index in [1.54, 1.807) is 0 Å². The first-order chi connectivity index (χ1) is 10.3. The third-order valence-corrected chi connectivity index (χ3v) is 3.71. The molecular formula is C12H12FN3O4S2. The van der Waals surface area contributed by atoms with Gasteiger partial charge in [-0.25, -0.2) is 0 Å². The molecule has 2 aromatic rings. The molecule has 118 valence electrons. The summed E-state index contributed by atoms with van der Waals surface area (Å²) < 4.78 is 40.9. The van der Waals surface area contributed by atoms with Gasteiger partial charge in [-0.05, 0) is 41.7 Å². The zero-order valence-electron chi connectivity index (χ0n) is 11.6. The van der Waals surface area contributed by atoms with E-state index < -0.39 is 10.5 Å². The van der Waals surface area contributed by atoms with Crippen molar-refractivity contribution in [2.24, 2.45) is 0 Å². The normalized spacial score (nSPS) is 11.5. The SMILES string of the molecule is CC(C)c1nnsc1C(=O)Nc1ccc(OS(=O)(=O)F)cc1. The van der Waals surface area contributed by atoms with Gasteiger partial charge in [-0.2, -0.15) is 8.42 Å². The lowest BCUT2D eigenvalue weighted by atomic mass is 10.1. The summed E-state index contributed by atoms with van der Waals surface area (Å²) >= 11 is 0.990. The number of amides is 1. The van der Waals surface area contributed by atoms with E-state index in [-0.39, 0.29) is 17.6 Å². The van der Waals surface area contributed by atoms with E-state index in [1.165, 1.54) is 24.3 Å². The molecule has 0 saturated carbocycles. The van der Waals surface area contributed by atoms with Gasteiger partial charge in [-0.15, -0.1) is 5.10 Å². The maximum atomic E-state index is 12.4. The van der Waals surface area contributed by atoms with Gasteiger partial charge in [0.2, 0.25) is 0 Å².